The Morgan fingerprint density at radius 2 is 2.19 bits per heavy atom. The average Bonchev–Trinajstić information content (AvgIpc) is 3.07. The summed E-state index contributed by atoms with van der Waals surface area (Å²) in [5.41, 5.74) is 4.74. The number of rotatable bonds is 5. The van der Waals surface area contributed by atoms with Crippen molar-refractivity contribution in [2.24, 2.45) is 5.73 Å². The second-order valence-electron chi connectivity index (χ2n) is 3.96. The molecule has 110 valence electrons. The maximum atomic E-state index is 11.6. The van der Waals surface area contributed by atoms with Gasteiger partial charge in [-0.2, -0.15) is 5.10 Å². The van der Waals surface area contributed by atoms with Crippen molar-refractivity contribution < 1.29 is 23.5 Å². The summed E-state index contributed by atoms with van der Waals surface area (Å²) in [5.74, 6) is -1.18. The van der Waals surface area contributed by atoms with Gasteiger partial charge in [-0.05, 0) is 18.2 Å². The van der Waals surface area contributed by atoms with E-state index in [-0.39, 0.29) is 5.76 Å². The van der Waals surface area contributed by atoms with Crippen LogP contribution >= 0.6 is 0 Å². The van der Waals surface area contributed by atoms with Crippen molar-refractivity contribution in [2.45, 2.75) is 6.54 Å². The van der Waals surface area contributed by atoms with Gasteiger partial charge in [-0.15, -0.1) is 0 Å². The lowest BCUT2D eigenvalue weighted by Gasteiger charge is -2.02. The number of urea groups is 1. The Bertz CT molecular complexity index is 646. The molecule has 9 heteroatoms. The number of carbonyl (C=O) groups is 3. The first-order valence-corrected chi connectivity index (χ1v) is 5.87. The molecule has 0 bridgehead atoms. The molecule has 2 rings (SSSR count). The highest BCUT2D eigenvalue weighted by molar-refractivity contribution is 5.95. The lowest BCUT2D eigenvalue weighted by atomic mass is 10.4. The highest BCUT2D eigenvalue weighted by Crippen LogP contribution is 2.10. The van der Waals surface area contributed by atoms with Crippen molar-refractivity contribution >= 4 is 17.9 Å². The summed E-state index contributed by atoms with van der Waals surface area (Å²) >= 11 is 0. The van der Waals surface area contributed by atoms with Gasteiger partial charge in [0.25, 0.3) is 5.91 Å². The van der Waals surface area contributed by atoms with E-state index in [1.807, 2.05) is 0 Å². The van der Waals surface area contributed by atoms with E-state index in [2.05, 4.69) is 9.84 Å². The van der Waals surface area contributed by atoms with Gasteiger partial charge in [0.05, 0.1) is 6.54 Å². The third-order valence-corrected chi connectivity index (χ3v) is 2.34. The van der Waals surface area contributed by atoms with Gasteiger partial charge in [0, 0.05) is 12.4 Å². The van der Waals surface area contributed by atoms with Crippen LogP contribution in [0, 0.1) is 0 Å². The number of hydrogen-bond donors (Lipinski definition) is 2. The SMILES string of the molecule is NC(=O)NC(=O)COC(=O)c1ccc(Cn2cccn2)o1. The van der Waals surface area contributed by atoms with Gasteiger partial charge in [0.1, 0.15) is 5.76 Å². The largest absolute Gasteiger partial charge is 0.452 e. The predicted molar refractivity (Wildman–Crippen MR) is 68.0 cm³/mol. The van der Waals surface area contributed by atoms with Crippen LogP contribution in [-0.2, 0) is 16.1 Å². The fourth-order valence-corrected chi connectivity index (χ4v) is 1.50. The zero-order valence-electron chi connectivity index (χ0n) is 10.8. The maximum absolute atomic E-state index is 11.6. The van der Waals surface area contributed by atoms with E-state index >= 15 is 0 Å². The predicted octanol–water partition coefficient (Wildman–Crippen LogP) is -0.124. The molecule has 9 nitrogen and oxygen atoms in total. The zero-order valence-corrected chi connectivity index (χ0v) is 10.8. The molecule has 2 heterocycles. The molecule has 21 heavy (non-hydrogen) atoms. The number of primary amides is 1. The molecule has 2 aromatic rings. The molecule has 0 saturated heterocycles. The number of nitrogens with two attached hydrogens (primary N) is 1. The monoisotopic (exact) mass is 292 g/mol. The molecule has 3 N–H and O–H groups in total. The highest BCUT2D eigenvalue weighted by Gasteiger charge is 2.15. The first kappa shape index (κ1) is 14.3. The Labute approximate surface area is 118 Å². The number of aromatic nitrogens is 2. The highest BCUT2D eigenvalue weighted by atomic mass is 16.5. The van der Waals surface area contributed by atoms with E-state index in [4.69, 9.17) is 10.2 Å². The lowest BCUT2D eigenvalue weighted by molar-refractivity contribution is -0.123. The first-order valence-electron chi connectivity index (χ1n) is 5.87. The van der Waals surface area contributed by atoms with Gasteiger partial charge in [-0.25, -0.2) is 9.59 Å². The number of amides is 3. The van der Waals surface area contributed by atoms with Crippen molar-refractivity contribution in [3.05, 3.63) is 42.1 Å². The zero-order chi connectivity index (χ0) is 15.2. The van der Waals surface area contributed by atoms with Crippen LogP contribution in [0.3, 0.4) is 0 Å². The van der Waals surface area contributed by atoms with Crippen LogP contribution in [-0.4, -0.2) is 34.3 Å². The van der Waals surface area contributed by atoms with Crippen LogP contribution in [0.5, 0.6) is 0 Å². The summed E-state index contributed by atoms with van der Waals surface area (Å²) < 4.78 is 11.6. The van der Waals surface area contributed by atoms with Crippen LogP contribution in [0.25, 0.3) is 0 Å². The van der Waals surface area contributed by atoms with Gasteiger partial charge in [-0.1, -0.05) is 0 Å². The minimum absolute atomic E-state index is 0.0518. The quantitative estimate of drug-likeness (QED) is 0.739. The van der Waals surface area contributed by atoms with Crippen LogP contribution in [0.15, 0.2) is 35.0 Å². The number of nitrogens with zero attached hydrogens (tertiary/aromatic N) is 2. The van der Waals surface area contributed by atoms with E-state index in [1.54, 1.807) is 34.5 Å². The van der Waals surface area contributed by atoms with Crippen molar-refractivity contribution in [1.82, 2.24) is 15.1 Å². The number of carbonyl (C=O) groups excluding carboxylic acids is 3. The molecule has 0 aromatic carbocycles. The van der Waals surface area contributed by atoms with Crippen LogP contribution in [0.2, 0.25) is 0 Å². The van der Waals surface area contributed by atoms with Gasteiger partial charge in [0.2, 0.25) is 5.76 Å². The minimum Gasteiger partial charge on any atom is -0.452 e. The number of furan rings is 1. The number of ether oxygens (including phenoxy) is 1. The van der Waals surface area contributed by atoms with Gasteiger partial charge < -0.3 is 14.9 Å². The second-order valence-corrected chi connectivity index (χ2v) is 3.96. The van der Waals surface area contributed by atoms with Crippen LogP contribution < -0.4 is 11.1 Å². The van der Waals surface area contributed by atoms with Crippen molar-refractivity contribution in [3.8, 4) is 0 Å². The van der Waals surface area contributed by atoms with E-state index < -0.39 is 24.5 Å². The molecular formula is C12H12N4O5. The lowest BCUT2D eigenvalue weighted by Crippen LogP contribution is -2.37. The Kier molecular flexibility index (Phi) is 4.34. The molecule has 0 unspecified atom stereocenters. The van der Waals surface area contributed by atoms with Crippen LogP contribution in [0.4, 0.5) is 4.79 Å². The van der Waals surface area contributed by atoms with E-state index in [9.17, 15) is 14.4 Å². The Balaban J connectivity index is 1.87. The van der Waals surface area contributed by atoms with E-state index in [1.165, 1.54) is 6.07 Å². The molecule has 0 spiro atoms. The Morgan fingerprint density at radius 3 is 2.86 bits per heavy atom. The van der Waals surface area contributed by atoms with E-state index in [0.717, 1.165) is 0 Å². The number of nitrogens with one attached hydrogen (secondary N) is 1. The number of imide groups is 1. The first-order chi connectivity index (χ1) is 10.0. The topological polar surface area (TPSA) is 129 Å². The molecule has 3 amide bonds. The fourth-order valence-electron chi connectivity index (χ4n) is 1.50. The molecule has 0 aliphatic carbocycles. The van der Waals surface area contributed by atoms with Crippen molar-refractivity contribution in [3.63, 3.8) is 0 Å². The number of esters is 1. The van der Waals surface area contributed by atoms with E-state index in [0.29, 0.717) is 12.3 Å². The van der Waals surface area contributed by atoms with Gasteiger partial charge >= 0.3 is 12.0 Å². The minimum atomic E-state index is -1.02. The van der Waals surface area contributed by atoms with Gasteiger partial charge in [-0.3, -0.25) is 14.8 Å². The molecule has 0 saturated carbocycles. The average molecular weight is 292 g/mol. The summed E-state index contributed by atoms with van der Waals surface area (Å²) in [6, 6.07) is 3.76. The van der Waals surface area contributed by atoms with Crippen molar-refractivity contribution in [2.75, 3.05) is 6.61 Å². The summed E-state index contributed by atoms with van der Waals surface area (Å²) in [4.78, 5) is 33.1. The maximum Gasteiger partial charge on any atom is 0.374 e. The van der Waals surface area contributed by atoms with Crippen LogP contribution in [0.1, 0.15) is 16.3 Å². The summed E-state index contributed by atoms with van der Waals surface area (Å²) in [6.45, 7) is -0.264. The summed E-state index contributed by atoms with van der Waals surface area (Å²) in [5, 5.41) is 5.76. The summed E-state index contributed by atoms with van der Waals surface area (Å²) in [7, 11) is 0. The molecule has 0 aliphatic rings. The third kappa shape index (κ3) is 4.20. The second kappa shape index (κ2) is 6.37. The molecular weight excluding hydrogens is 280 g/mol. The number of hydrogen-bond acceptors (Lipinski definition) is 6. The fraction of sp³-hybridized carbons (Fsp3) is 0.167. The Morgan fingerprint density at radius 1 is 1.38 bits per heavy atom. The standard InChI is InChI=1S/C12H12N4O5/c13-12(19)15-10(17)7-20-11(18)9-3-2-8(21-9)6-16-5-1-4-14-16/h1-5H,6-7H2,(H3,13,15,17,19). The molecule has 0 radical (unpaired) electrons. The smallest absolute Gasteiger partial charge is 0.374 e. The molecule has 0 atom stereocenters. The van der Waals surface area contributed by atoms with Gasteiger partial charge in [0.15, 0.2) is 6.61 Å². The summed E-state index contributed by atoms with van der Waals surface area (Å²) in [6.07, 6.45) is 3.37. The molecule has 2 aromatic heterocycles. The molecule has 0 fully saturated rings. The molecule has 0 aliphatic heterocycles. The normalized spacial score (nSPS) is 10.1. The Hall–Kier alpha value is -3.10. The van der Waals surface area contributed by atoms with Crippen molar-refractivity contribution in [1.29, 1.82) is 0 Å². The third-order valence-electron chi connectivity index (χ3n) is 2.34.